The zero-order valence-corrected chi connectivity index (χ0v) is 28.0. The van der Waals surface area contributed by atoms with Gasteiger partial charge in [0.25, 0.3) is 0 Å². The van der Waals surface area contributed by atoms with Crippen molar-refractivity contribution >= 4 is 65.6 Å². The van der Waals surface area contributed by atoms with Crippen LogP contribution >= 0.6 is 0 Å². The van der Waals surface area contributed by atoms with E-state index in [1.807, 2.05) is 24.3 Å². The molecule has 0 aliphatic rings. The van der Waals surface area contributed by atoms with Gasteiger partial charge in [0.1, 0.15) is 16.7 Å². The van der Waals surface area contributed by atoms with E-state index in [0.29, 0.717) is 0 Å². The number of benzene rings is 8. The number of nitrogens with zero attached hydrogens (tertiary/aromatic N) is 3. The summed E-state index contributed by atoms with van der Waals surface area (Å²) in [4.78, 5) is 10.8. The fraction of sp³-hybridized carbons (Fsp3) is 0. The SMILES string of the molecule is c1ccc(-c2nc3cccc(-n4c5cc(-c6cccc7c6oc6ccccc67)ccc5c5c6ccccc6ccc54)c3nc2-c2ccccc2)cc1. The van der Waals surface area contributed by atoms with E-state index in [4.69, 9.17) is 14.4 Å². The minimum absolute atomic E-state index is 0.843. The van der Waals surface area contributed by atoms with Crippen molar-refractivity contribution < 1.29 is 4.42 Å². The van der Waals surface area contributed by atoms with Crippen LogP contribution in [0.1, 0.15) is 0 Å². The number of hydrogen-bond donors (Lipinski definition) is 0. The molecule has 0 saturated heterocycles. The van der Waals surface area contributed by atoms with Crippen LogP contribution in [0, 0.1) is 0 Å². The van der Waals surface area contributed by atoms with Crippen molar-refractivity contribution in [3.63, 3.8) is 0 Å². The van der Waals surface area contributed by atoms with Gasteiger partial charge in [0.05, 0.1) is 33.6 Å². The van der Waals surface area contributed by atoms with Crippen LogP contribution in [0.2, 0.25) is 0 Å². The lowest BCUT2D eigenvalue weighted by molar-refractivity contribution is 0.670. The molecule has 0 fully saturated rings. The summed E-state index contributed by atoms with van der Waals surface area (Å²) in [7, 11) is 0. The molecule has 52 heavy (non-hydrogen) atoms. The highest BCUT2D eigenvalue weighted by molar-refractivity contribution is 6.22. The predicted octanol–water partition coefficient (Wildman–Crippen LogP) is 12.8. The topological polar surface area (TPSA) is 43.9 Å². The third kappa shape index (κ3) is 4.28. The van der Waals surface area contributed by atoms with Crippen molar-refractivity contribution in [2.24, 2.45) is 0 Å². The molecule has 0 spiro atoms. The quantitative estimate of drug-likeness (QED) is 0.188. The van der Waals surface area contributed by atoms with Gasteiger partial charge in [-0.1, -0.05) is 146 Å². The molecule has 242 valence electrons. The molecule has 0 amide bonds. The van der Waals surface area contributed by atoms with Crippen LogP contribution < -0.4 is 0 Å². The average Bonchev–Trinajstić information content (AvgIpc) is 3.76. The summed E-state index contributed by atoms with van der Waals surface area (Å²) in [6, 6.07) is 61.7. The van der Waals surface area contributed by atoms with Crippen LogP contribution in [0.5, 0.6) is 0 Å². The minimum Gasteiger partial charge on any atom is -0.455 e. The summed E-state index contributed by atoms with van der Waals surface area (Å²) in [5.41, 5.74) is 12.6. The predicted molar refractivity (Wildman–Crippen MR) is 215 cm³/mol. The number of furan rings is 1. The Morgan fingerprint density at radius 2 is 1.13 bits per heavy atom. The summed E-state index contributed by atoms with van der Waals surface area (Å²) in [6.07, 6.45) is 0. The second kappa shape index (κ2) is 11.2. The fourth-order valence-corrected chi connectivity index (χ4v) is 8.03. The monoisotopic (exact) mass is 663 g/mol. The van der Waals surface area contributed by atoms with E-state index < -0.39 is 0 Å². The Kier molecular flexibility index (Phi) is 6.22. The van der Waals surface area contributed by atoms with Gasteiger partial charge in [-0.25, -0.2) is 9.97 Å². The van der Waals surface area contributed by atoms with Gasteiger partial charge in [0, 0.05) is 38.2 Å². The van der Waals surface area contributed by atoms with Crippen LogP contribution in [0.25, 0.3) is 105 Å². The Balaban J connectivity index is 1.24. The molecule has 0 radical (unpaired) electrons. The van der Waals surface area contributed by atoms with Crippen molar-refractivity contribution in [2.45, 2.75) is 0 Å². The Bertz CT molecular complexity index is 3180. The van der Waals surface area contributed by atoms with E-state index >= 15 is 0 Å². The molecule has 4 nitrogen and oxygen atoms in total. The van der Waals surface area contributed by atoms with E-state index in [-0.39, 0.29) is 0 Å². The normalized spacial score (nSPS) is 11.8. The molecule has 11 aromatic rings. The maximum atomic E-state index is 6.52. The fourth-order valence-electron chi connectivity index (χ4n) is 8.03. The molecular formula is C48H29N3O. The Hall–Kier alpha value is -7.04. The van der Waals surface area contributed by atoms with E-state index in [9.17, 15) is 0 Å². The Labute approximate surface area is 298 Å². The first kappa shape index (κ1) is 28.8. The Morgan fingerprint density at radius 3 is 1.96 bits per heavy atom. The molecule has 0 atom stereocenters. The number of aromatic nitrogens is 3. The van der Waals surface area contributed by atoms with Crippen LogP contribution in [0.15, 0.2) is 180 Å². The maximum absolute atomic E-state index is 6.52. The smallest absolute Gasteiger partial charge is 0.143 e. The molecule has 0 aliphatic heterocycles. The minimum atomic E-state index is 0.843. The van der Waals surface area contributed by atoms with Gasteiger partial charge in [0.15, 0.2) is 0 Å². The van der Waals surface area contributed by atoms with Gasteiger partial charge in [-0.3, -0.25) is 0 Å². The van der Waals surface area contributed by atoms with Crippen LogP contribution in [-0.2, 0) is 0 Å². The largest absolute Gasteiger partial charge is 0.455 e. The zero-order chi connectivity index (χ0) is 34.2. The Morgan fingerprint density at radius 1 is 0.442 bits per heavy atom. The van der Waals surface area contributed by atoms with Gasteiger partial charge in [-0.05, 0) is 46.7 Å². The second-order valence-corrected chi connectivity index (χ2v) is 13.3. The highest BCUT2D eigenvalue weighted by Gasteiger charge is 2.21. The molecule has 11 rings (SSSR count). The zero-order valence-electron chi connectivity index (χ0n) is 28.0. The lowest BCUT2D eigenvalue weighted by atomic mass is 9.99. The molecule has 0 N–H and O–H groups in total. The summed E-state index contributed by atoms with van der Waals surface area (Å²) in [5.74, 6) is 0. The van der Waals surface area contributed by atoms with E-state index in [1.54, 1.807) is 0 Å². The summed E-state index contributed by atoms with van der Waals surface area (Å²) >= 11 is 0. The maximum Gasteiger partial charge on any atom is 0.143 e. The van der Waals surface area contributed by atoms with Crippen LogP contribution in [0.3, 0.4) is 0 Å². The third-order valence-corrected chi connectivity index (χ3v) is 10.4. The molecule has 3 heterocycles. The molecule has 3 aromatic heterocycles. The summed E-state index contributed by atoms with van der Waals surface area (Å²) in [5, 5.41) is 7.07. The number of para-hydroxylation sites is 3. The number of rotatable bonds is 4. The van der Waals surface area contributed by atoms with Crippen molar-refractivity contribution in [3.8, 4) is 39.3 Å². The van der Waals surface area contributed by atoms with Crippen molar-refractivity contribution in [1.29, 1.82) is 0 Å². The first-order valence-electron chi connectivity index (χ1n) is 17.6. The van der Waals surface area contributed by atoms with Gasteiger partial charge < -0.3 is 8.98 Å². The van der Waals surface area contributed by atoms with Crippen LogP contribution in [0.4, 0.5) is 0 Å². The highest BCUT2D eigenvalue weighted by atomic mass is 16.3. The average molecular weight is 664 g/mol. The van der Waals surface area contributed by atoms with Crippen molar-refractivity contribution in [2.75, 3.05) is 0 Å². The highest BCUT2D eigenvalue weighted by Crippen LogP contribution is 2.42. The first-order valence-corrected chi connectivity index (χ1v) is 17.6. The van der Waals surface area contributed by atoms with Gasteiger partial charge in [0.2, 0.25) is 0 Å². The van der Waals surface area contributed by atoms with E-state index in [0.717, 1.165) is 83.3 Å². The summed E-state index contributed by atoms with van der Waals surface area (Å²) in [6.45, 7) is 0. The lowest BCUT2D eigenvalue weighted by Crippen LogP contribution is -2.01. The molecular weight excluding hydrogens is 635 g/mol. The second-order valence-electron chi connectivity index (χ2n) is 13.3. The lowest BCUT2D eigenvalue weighted by Gasteiger charge is -2.15. The molecule has 0 unspecified atom stereocenters. The van der Waals surface area contributed by atoms with Crippen LogP contribution in [-0.4, -0.2) is 14.5 Å². The first-order chi connectivity index (χ1) is 25.8. The summed E-state index contributed by atoms with van der Waals surface area (Å²) < 4.78 is 8.90. The van der Waals surface area contributed by atoms with Crippen molar-refractivity contribution in [3.05, 3.63) is 176 Å². The standard InChI is InChI=1S/C48H29N3O/c1-3-14-31(15-4-1)45-46(32-16-5-2-6-17-32)50-47-39(49-45)22-12-23-41(47)51-40-28-26-30-13-7-8-18-34(30)44(40)38-27-25-33(29-42(38)51)35-20-11-21-37-36-19-9-10-24-43(36)52-48(35)37/h1-29H. The van der Waals surface area contributed by atoms with E-state index in [2.05, 4.69) is 156 Å². The number of fused-ring (bicyclic) bond motifs is 9. The molecule has 4 heteroatoms. The molecule has 0 aliphatic carbocycles. The number of hydrogen-bond acceptors (Lipinski definition) is 3. The molecule has 0 bridgehead atoms. The molecule has 0 saturated carbocycles. The third-order valence-electron chi connectivity index (χ3n) is 10.4. The molecule has 8 aromatic carbocycles. The van der Waals surface area contributed by atoms with E-state index in [1.165, 1.54) is 21.5 Å². The van der Waals surface area contributed by atoms with Gasteiger partial charge in [-0.15, -0.1) is 0 Å². The van der Waals surface area contributed by atoms with Gasteiger partial charge in [-0.2, -0.15) is 0 Å². The van der Waals surface area contributed by atoms with Gasteiger partial charge >= 0.3 is 0 Å². The van der Waals surface area contributed by atoms with Crippen molar-refractivity contribution in [1.82, 2.24) is 14.5 Å².